The van der Waals surface area contributed by atoms with Crippen molar-refractivity contribution in [3.8, 4) is 0 Å². The van der Waals surface area contributed by atoms with Crippen molar-refractivity contribution in [3.63, 3.8) is 0 Å². The molecule has 100 valence electrons. The third-order valence-electron chi connectivity index (χ3n) is 2.52. The Morgan fingerprint density at radius 1 is 1.47 bits per heavy atom. The number of nitrogens with zero attached hydrogens (tertiary/aromatic N) is 1. The Morgan fingerprint density at radius 2 is 2.26 bits per heavy atom. The molecule has 6 heteroatoms. The molecule has 2 rings (SSSR count). The van der Waals surface area contributed by atoms with Gasteiger partial charge in [-0.05, 0) is 37.6 Å². The summed E-state index contributed by atoms with van der Waals surface area (Å²) in [6, 6.07) is 7.11. The number of nitrogens with two attached hydrogens (primary N) is 1. The van der Waals surface area contributed by atoms with E-state index in [4.69, 9.17) is 17.3 Å². The largest absolute Gasteiger partial charge is 0.384 e. The maximum atomic E-state index is 11.9. The van der Waals surface area contributed by atoms with Crippen LogP contribution >= 0.6 is 22.9 Å². The lowest BCUT2D eigenvalue weighted by atomic mass is 10.2. The number of amides is 1. The quantitative estimate of drug-likeness (QED) is 0.911. The van der Waals surface area contributed by atoms with Crippen molar-refractivity contribution >= 4 is 34.7 Å². The molecular weight excluding hydrogens is 282 g/mol. The molecule has 0 aliphatic rings. The first-order valence-electron chi connectivity index (χ1n) is 5.81. The Bertz CT molecular complexity index is 577. The molecule has 19 heavy (non-hydrogen) atoms. The zero-order valence-electron chi connectivity index (χ0n) is 10.4. The lowest BCUT2D eigenvalue weighted by Crippen LogP contribution is -2.25. The van der Waals surface area contributed by atoms with E-state index in [2.05, 4.69) is 10.3 Å². The van der Waals surface area contributed by atoms with Crippen LogP contribution in [0.2, 0.25) is 4.34 Å². The number of carbonyl (C=O) groups is 1. The maximum Gasteiger partial charge on any atom is 0.251 e. The number of pyridine rings is 1. The second-order valence-electron chi connectivity index (χ2n) is 4.13. The second-order valence-corrected chi connectivity index (χ2v) is 5.93. The van der Waals surface area contributed by atoms with Crippen LogP contribution in [0.5, 0.6) is 0 Å². The predicted octanol–water partition coefficient (Wildman–Crippen LogP) is 2.66. The van der Waals surface area contributed by atoms with Crippen LogP contribution in [0.15, 0.2) is 24.3 Å². The van der Waals surface area contributed by atoms with Gasteiger partial charge in [-0.15, -0.1) is 11.3 Å². The van der Waals surface area contributed by atoms with Crippen molar-refractivity contribution in [1.29, 1.82) is 0 Å². The summed E-state index contributed by atoms with van der Waals surface area (Å²) < 4.78 is 0.763. The Labute approximate surface area is 120 Å². The minimum Gasteiger partial charge on any atom is -0.384 e. The van der Waals surface area contributed by atoms with Gasteiger partial charge in [0.15, 0.2) is 0 Å². The average Bonchev–Trinajstić information content (AvgIpc) is 2.73. The molecule has 0 saturated heterocycles. The molecule has 0 saturated carbocycles. The lowest BCUT2D eigenvalue weighted by Gasteiger charge is -2.06. The minimum absolute atomic E-state index is 0.139. The summed E-state index contributed by atoms with van der Waals surface area (Å²) in [6.45, 7) is 2.37. The average molecular weight is 296 g/mol. The first-order chi connectivity index (χ1) is 9.04. The molecule has 2 aromatic rings. The summed E-state index contributed by atoms with van der Waals surface area (Å²) in [5.41, 5.74) is 6.88. The summed E-state index contributed by atoms with van der Waals surface area (Å²) in [5, 5.41) is 2.85. The molecule has 0 bridgehead atoms. The van der Waals surface area contributed by atoms with E-state index in [1.807, 2.05) is 12.1 Å². The van der Waals surface area contributed by atoms with Crippen molar-refractivity contribution in [2.24, 2.45) is 0 Å². The number of anilines is 1. The van der Waals surface area contributed by atoms with Gasteiger partial charge in [-0.1, -0.05) is 11.6 Å². The second kappa shape index (κ2) is 6.04. The first-order valence-corrected chi connectivity index (χ1v) is 7.00. The molecule has 4 nitrogen and oxygen atoms in total. The van der Waals surface area contributed by atoms with Crippen LogP contribution in [-0.4, -0.2) is 17.4 Å². The van der Waals surface area contributed by atoms with Crippen molar-refractivity contribution in [3.05, 3.63) is 44.7 Å². The van der Waals surface area contributed by atoms with E-state index >= 15 is 0 Å². The number of rotatable bonds is 4. The SMILES string of the molecule is Cc1cc(C(=O)NCCc2ccc(Cl)s2)cc(N)n1. The molecule has 0 aliphatic carbocycles. The minimum atomic E-state index is -0.139. The van der Waals surface area contributed by atoms with E-state index in [-0.39, 0.29) is 5.91 Å². The Kier molecular flexibility index (Phi) is 4.39. The molecule has 0 unspecified atom stereocenters. The van der Waals surface area contributed by atoms with E-state index in [0.717, 1.165) is 21.3 Å². The number of carbonyl (C=O) groups excluding carboxylic acids is 1. The van der Waals surface area contributed by atoms with Crippen LogP contribution in [-0.2, 0) is 6.42 Å². The van der Waals surface area contributed by atoms with Crippen molar-refractivity contribution < 1.29 is 4.79 Å². The van der Waals surface area contributed by atoms with E-state index in [1.54, 1.807) is 19.1 Å². The number of hydrogen-bond acceptors (Lipinski definition) is 4. The number of hydrogen-bond donors (Lipinski definition) is 2. The Morgan fingerprint density at radius 3 is 2.89 bits per heavy atom. The fourth-order valence-corrected chi connectivity index (χ4v) is 2.80. The summed E-state index contributed by atoms with van der Waals surface area (Å²) in [7, 11) is 0. The molecular formula is C13H14ClN3OS. The van der Waals surface area contributed by atoms with Crippen molar-refractivity contribution in [1.82, 2.24) is 10.3 Å². The van der Waals surface area contributed by atoms with E-state index in [9.17, 15) is 4.79 Å². The van der Waals surface area contributed by atoms with E-state index in [1.165, 1.54) is 11.3 Å². The van der Waals surface area contributed by atoms with Crippen molar-refractivity contribution in [2.75, 3.05) is 12.3 Å². The molecule has 1 amide bonds. The molecule has 0 spiro atoms. The number of nitrogen functional groups attached to an aromatic ring is 1. The highest BCUT2D eigenvalue weighted by molar-refractivity contribution is 7.16. The molecule has 0 aromatic carbocycles. The summed E-state index contributed by atoms with van der Waals surface area (Å²) in [4.78, 5) is 17.1. The fourth-order valence-electron chi connectivity index (χ4n) is 1.71. The number of aromatic nitrogens is 1. The van der Waals surface area contributed by atoms with Gasteiger partial charge in [0, 0.05) is 22.7 Å². The monoisotopic (exact) mass is 295 g/mol. The van der Waals surface area contributed by atoms with Gasteiger partial charge in [-0.25, -0.2) is 4.98 Å². The topological polar surface area (TPSA) is 68.0 Å². The van der Waals surface area contributed by atoms with Crippen LogP contribution in [0, 0.1) is 6.92 Å². The number of thiophene rings is 1. The van der Waals surface area contributed by atoms with Gasteiger partial charge in [-0.2, -0.15) is 0 Å². The lowest BCUT2D eigenvalue weighted by molar-refractivity contribution is 0.0954. The smallest absolute Gasteiger partial charge is 0.251 e. The number of aryl methyl sites for hydroxylation is 1. The summed E-state index contributed by atoms with van der Waals surface area (Å²) >= 11 is 7.37. The van der Waals surface area contributed by atoms with Gasteiger partial charge < -0.3 is 11.1 Å². The first kappa shape index (κ1) is 13.8. The zero-order chi connectivity index (χ0) is 13.8. The van der Waals surface area contributed by atoms with Gasteiger partial charge in [0.1, 0.15) is 5.82 Å². The highest BCUT2D eigenvalue weighted by Gasteiger charge is 2.07. The Balaban J connectivity index is 1.90. The normalized spacial score (nSPS) is 10.4. The van der Waals surface area contributed by atoms with Crippen LogP contribution in [0.4, 0.5) is 5.82 Å². The highest BCUT2D eigenvalue weighted by Crippen LogP contribution is 2.21. The molecule has 2 aromatic heterocycles. The Hall–Kier alpha value is -1.59. The molecule has 0 aliphatic heterocycles. The third-order valence-corrected chi connectivity index (χ3v) is 3.81. The maximum absolute atomic E-state index is 11.9. The van der Waals surface area contributed by atoms with Crippen molar-refractivity contribution in [2.45, 2.75) is 13.3 Å². The molecule has 0 atom stereocenters. The molecule has 0 radical (unpaired) electrons. The van der Waals surface area contributed by atoms with E-state index in [0.29, 0.717) is 17.9 Å². The molecule has 2 heterocycles. The fraction of sp³-hybridized carbons (Fsp3) is 0.231. The van der Waals surface area contributed by atoms with E-state index < -0.39 is 0 Å². The predicted molar refractivity (Wildman–Crippen MR) is 78.8 cm³/mol. The van der Waals surface area contributed by atoms with Gasteiger partial charge in [0.2, 0.25) is 0 Å². The zero-order valence-corrected chi connectivity index (χ0v) is 12.0. The third kappa shape index (κ3) is 3.94. The molecule has 0 fully saturated rings. The number of nitrogens with one attached hydrogen (secondary N) is 1. The number of halogens is 1. The van der Waals surface area contributed by atoms with Crippen LogP contribution in [0.1, 0.15) is 20.9 Å². The standard InChI is InChI=1S/C13H14ClN3OS/c1-8-6-9(7-12(15)17-8)13(18)16-5-4-10-2-3-11(14)19-10/h2-3,6-7H,4-5H2,1H3,(H2,15,17)(H,16,18). The highest BCUT2D eigenvalue weighted by atomic mass is 35.5. The van der Waals surface area contributed by atoms with Gasteiger partial charge >= 0.3 is 0 Å². The van der Waals surface area contributed by atoms with Crippen LogP contribution < -0.4 is 11.1 Å². The van der Waals surface area contributed by atoms with Gasteiger partial charge in [0.25, 0.3) is 5.91 Å². The summed E-state index contributed by atoms with van der Waals surface area (Å²) in [5.74, 6) is 0.218. The van der Waals surface area contributed by atoms with Crippen LogP contribution in [0.3, 0.4) is 0 Å². The van der Waals surface area contributed by atoms with Gasteiger partial charge in [-0.3, -0.25) is 4.79 Å². The van der Waals surface area contributed by atoms with Gasteiger partial charge in [0.05, 0.1) is 4.34 Å². The van der Waals surface area contributed by atoms with Crippen LogP contribution in [0.25, 0.3) is 0 Å². The summed E-state index contributed by atoms with van der Waals surface area (Å²) in [6.07, 6.45) is 0.767. The molecule has 3 N–H and O–H groups in total.